The molecule has 0 aliphatic rings. The zero-order chi connectivity index (χ0) is 20.8. The normalized spacial score (nSPS) is 11.7. The first kappa shape index (κ1) is 19.5. The highest BCUT2D eigenvalue weighted by Crippen LogP contribution is 2.23. The van der Waals surface area contributed by atoms with Crippen LogP contribution in [0.4, 0.5) is 17.6 Å². The van der Waals surface area contributed by atoms with Gasteiger partial charge in [0.25, 0.3) is 0 Å². The molecule has 0 bridgehead atoms. The molecule has 0 amide bonds. The number of benzene rings is 2. The van der Waals surface area contributed by atoms with Gasteiger partial charge in [0, 0.05) is 31.5 Å². The van der Waals surface area contributed by atoms with E-state index in [-0.39, 0.29) is 0 Å². The van der Waals surface area contributed by atoms with Gasteiger partial charge >= 0.3 is 0 Å². The fraction of sp³-hybridized carbons (Fsp3) is 0.130. The smallest absolute Gasteiger partial charge is 0.224 e. The number of aliphatic hydroxyl groups is 1. The highest BCUT2D eigenvalue weighted by atomic mass is 16.3. The van der Waals surface area contributed by atoms with Crippen molar-refractivity contribution in [3.05, 3.63) is 90.8 Å². The lowest BCUT2D eigenvalue weighted by Crippen LogP contribution is -2.17. The lowest BCUT2D eigenvalue weighted by atomic mass is 10.1. The molecule has 7 heteroatoms. The summed E-state index contributed by atoms with van der Waals surface area (Å²) in [6, 6.07) is 23.0. The van der Waals surface area contributed by atoms with Crippen LogP contribution in [0.25, 0.3) is 11.4 Å². The molecule has 0 saturated heterocycles. The molecule has 2 aromatic carbocycles. The van der Waals surface area contributed by atoms with Gasteiger partial charge in [-0.05, 0) is 17.7 Å². The summed E-state index contributed by atoms with van der Waals surface area (Å²) < 4.78 is 0. The third-order valence-electron chi connectivity index (χ3n) is 4.64. The van der Waals surface area contributed by atoms with Crippen LogP contribution < -0.4 is 10.2 Å². The topological polar surface area (TPSA) is 87.1 Å². The van der Waals surface area contributed by atoms with Crippen molar-refractivity contribution in [3.8, 4) is 11.4 Å². The van der Waals surface area contributed by atoms with Crippen molar-refractivity contribution in [2.45, 2.75) is 6.10 Å². The molecule has 2 heterocycles. The largest absolute Gasteiger partial charge is 0.387 e. The minimum Gasteiger partial charge on any atom is -0.387 e. The maximum absolute atomic E-state index is 10.3. The molecule has 2 aromatic heterocycles. The number of nitrogens with zero attached hydrogens (tertiary/aromatic N) is 5. The van der Waals surface area contributed by atoms with E-state index in [2.05, 4.69) is 25.3 Å². The Morgan fingerprint density at radius 3 is 2.20 bits per heavy atom. The first-order chi connectivity index (χ1) is 14.7. The minimum absolute atomic E-state index is 0.308. The van der Waals surface area contributed by atoms with Crippen molar-refractivity contribution in [2.75, 3.05) is 23.8 Å². The van der Waals surface area contributed by atoms with Crippen LogP contribution in [-0.4, -0.2) is 38.6 Å². The van der Waals surface area contributed by atoms with E-state index in [0.29, 0.717) is 24.1 Å². The molecular weight excluding hydrogens is 376 g/mol. The second-order valence-corrected chi connectivity index (χ2v) is 6.71. The summed E-state index contributed by atoms with van der Waals surface area (Å²) in [6.07, 6.45) is 2.76. The van der Waals surface area contributed by atoms with Crippen molar-refractivity contribution >= 4 is 17.6 Å². The van der Waals surface area contributed by atoms with Crippen LogP contribution in [0, 0.1) is 0 Å². The summed E-state index contributed by atoms with van der Waals surface area (Å²) in [5, 5.41) is 13.4. The Bertz CT molecular complexity index is 1090. The first-order valence-electron chi connectivity index (χ1n) is 9.63. The van der Waals surface area contributed by atoms with Gasteiger partial charge in [0.05, 0.1) is 6.10 Å². The van der Waals surface area contributed by atoms with E-state index in [1.165, 1.54) is 0 Å². The number of rotatable bonds is 7. The van der Waals surface area contributed by atoms with Crippen molar-refractivity contribution in [3.63, 3.8) is 0 Å². The van der Waals surface area contributed by atoms with Crippen molar-refractivity contribution < 1.29 is 5.11 Å². The molecule has 150 valence electrons. The predicted octanol–water partition coefficient (Wildman–Crippen LogP) is 3.85. The van der Waals surface area contributed by atoms with E-state index in [9.17, 15) is 5.11 Å². The van der Waals surface area contributed by atoms with Gasteiger partial charge in [-0.1, -0.05) is 60.7 Å². The van der Waals surface area contributed by atoms with E-state index in [1.807, 2.05) is 84.7 Å². The lowest BCUT2D eigenvalue weighted by molar-refractivity contribution is 0.191. The summed E-state index contributed by atoms with van der Waals surface area (Å²) >= 11 is 0. The Hall–Kier alpha value is -3.84. The van der Waals surface area contributed by atoms with E-state index < -0.39 is 6.10 Å². The summed E-state index contributed by atoms with van der Waals surface area (Å²) in [5.41, 5.74) is 1.79. The van der Waals surface area contributed by atoms with E-state index in [0.717, 1.165) is 16.9 Å². The second-order valence-electron chi connectivity index (χ2n) is 6.71. The Labute approximate surface area is 175 Å². The van der Waals surface area contributed by atoms with Gasteiger partial charge in [-0.3, -0.25) is 0 Å². The van der Waals surface area contributed by atoms with Crippen LogP contribution in [-0.2, 0) is 0 Å². The van der Waals surface area contributed by atoms with E-state index in [1.54, 1.807) is 12.4 Å². The standard InChI is InChI=1S/C23H22N6O/c1-29(20-12-14-24-22(27-20)18-10-6-3-7-11-18)21-13-15-25-23(28-21)26-16-19(30)17-8-4-2-5-9-17/h2-15,19,30H,16H2,1H3,(H,25,26,28). The van der Waals surface area contributed by atoms with Crippen LogP contribution in [0.15, 0.2) is 85.2 Å². The van der Waals surface area contributed by atoms with E-state index >= 15 is 0 Å². The van der Waals surface area contributed by atoms with Crippen LogP contribution in [0.3, 0.4) is 0 Å². The van der Waals surface area contributed by atoms with Crippen molar-refractivity contribution in [1.29, 1.82) is 0 Å². The number of nitrogens with one attached hydrogen (secondary N) is 1. The van der Waals surface area contributed by atoms with Crippen LogP contribution in [0.1, 0.15) is 11.7 Å². The molecule has 4 rings (SSSR count). The summed E-state index contributed by atoms with van der Waals surface area (Å²) in [7, 11) is 1.89. The quantitative estimate of drug-likeness (QED) is 0.489. The molecule has 0 fully saturated rings. The Morgan fingerprint density at radius 1 is 0.833 bits per heavy atom. The Balaban J connectivity index is 1.48. The second kappa shape index (κ2) is 9.11. The fourth-order valence-electron chi connectivity index (χ4n) is 2.98. The zero-order valence-electron chi connectivity index (χ0n) is 16.6. The zero-order valence-corrected chi connectivity index (χ0v) is 16.6. The summed E-state index contributed by atoms with van der Waals surface area (Å²) in [5.74, 6) is 2.49. The molecule has 0 aliphatic heterocycles. The van der Waals surface area contributed by atoms with Crippen molar-refractivity contribution in [1.82, 2.24) is 19.9 Å². The third kappa shape index (κ3) is 4.59. The van der Waals surface area contributed by atoms with Gasteiger partial charge in [-0.25, -0.2) is 15.0 Å². The van der Waals surface area contributed by atoms with Crippen LogP contribution in [0.5, 0.6) is 0 Å². The molecule has 0 radical (unpaired) electrons. The maximum atomic E-state index is 10.3. The summed E-state index contributed by atoms with van der Waals surface area (Å²) in [4.78, 5) is 19.7. The number of anilines is 3. The highest BCUT2D eigenvalue weighted by molar-refractivity contribution is 5.61. The lowest BCUT2D eigenvalue weighted by Gasteiger charge is -2.18. The maximum Gasteiger partial charge on any atom is 0.224 e. The molecule has 30 heavy (non-hydrogen) atoms. The van der Waals surface area contributed by atoms with Gasteiger partial charge in [-0.2, -0.15) is 4.98 Å². The average Bonchev–Trinajstić information content (AvgIpc) is 2.83. The Kier molecular flexibility index (Phi) is 5.91. The molecule has 2 N–H and O–H groups in total. The molecule has 0 spiro atoms. The van der Waals surface area contributed by atoms with Gasteiger partial charge in [0.2, 0.25) is 5.95 Å². The highest BCUT2D eigenvalue weighted by Gasteiger charge is 2.12. The molecule has 4 aromatic rings. The van der Waals surface area contributed by atoms with Crippen LogP contribution in [0.2, 0.25) is 0 Å². The molecule has 1 unspecified atom stereocenters. The number of hydrogen-bond acceptors (Lipinski definition) is 7. The SMILES string of the molecule is CN(c1ccnc(NCC(O)c2ccccc2)n1)c1ccnc(-c2ccccc2)n1. The molecule has 1 atom stereocenters. The first-order valence-corrected chi connectivity index (χ1v) is 9.63. The molecule has 0 saturated carbocycles. The molecular formula is C23H22N6O. The predicted molar refractivity (Wildman–Crippen MR) is 117 cm³/mol. The number of hydrogen-bond donors (Lipinski definition) is 2. The monoisotopic (exact) mass is 398 g/mol. The van der Waals surface area contributed by atoms with Gasteiger partial charge in [0.1, 0.15) is 11.6 Å². The number of aromatic nitrogens is 4. The number of aliphatic hydroxyl groups excluding tert-OH is 1. The van der Waals surface area contributed by atoms with Gasteiger partial charge in [0.15, 0.2) is 5.82 Å². The summed E-state index contributed by atoms with van der Waals surface area (Å²) in [6.45, 7) is 0.308. The fourth-order valence-corrected chi connectivity index (χ4v) is 2.98. The van der Waals surface area contributed by atoms with Crippen molar-refractivity contribution in [2.24, 2.45) is 0 Å². The average molecular weight is 398 g/mol. The molecule has 7 nitrogen and oxygen atoms in total. The van der Waals surface area contributed by atoms with Crippen LogP contribution >= 0.6 is 0 Å². The van der Waals surface area contributed by atoms with Gasteiger partial charge < -0.3 is 15.3 Å². The van der Waals surface area contributed by atoms with Gasteiger partial charge in [-0.15, -0.1) is 0 Å². The molecule has 0 aliphatic carbocycles. The minimum atomic E-state index is -0.647. The third-order valence-corrected chi connectivity index (χ3v) is 4.64. The van der Waals surface area contributed by atoms with E-state index in [4.69, 9.17) is 0 Å². The Morgan fingerprint density at radius 2 is 1.47 bits per heavy atom.